The molecule has 0 radical (unpaired) electrons. The van der Waals surface area contributed by atoms with Gasteiger partial charge >= 0.3 is 5.97 Å². The van der Waals surface area contributed by atoms with Crippen LogP contribution in [0.3, 0.4) is 0 Å². The third kappa shape index (κ3) is 4.16. The molecule has 0 fully saturated rings. The summed E-state index contributed by atoms with van der Waals surface area (Å²) in [5.74, 6) is -14.3. The Hall–Kier alpha value is -1.70. The van der Waals surface area contributed by atoms with Gasteiger partial charge in [0.15, 0.2) is 0 Å². The summed E-state index contributed by atoms with van der Waals surface area (Å²) in [5.41, 5.74) is 0. The number of benzene rings is 1. The highest BCUT2D eigenvalue weighted by Crippen LogP contribution is 2.29. The summed E-state index contributed by atoms with van der Waals surface area (Å²) in [7, 11) is 1.76. The molecular weight excluding hydrogens is 309 g/mol. The fourth-order valence-electron chi connectivity index (χ4n) is 1.75. The number of carbonyl (C=O) groups is 1. The van der Waals surface area contributed by atoms with Gasteiger partial charge in [-0.25, -0.2) is 13.2 Å². The number of nitrogens with one attached hydrogen (secondary N) is 1. The third-order valence-corrected chi connectivity index (χ3v) is 3.09. The SMILES string of the molecule is CNCCCC[C@@H](C)C(=O)Oc1c(F)c(F)c(F)c(F)c1F. The number of hydrogen-bond acceptors (Lipinski definition) is 3. The number of carbonyl (C=O) groups excluding carboxylic acids is 1. The summed E-state index contributed by atoms with van der Waals surface area (Å²) < 4.78 is 69.9. The van der Waals surface area contributed by atoms with Crippen molar-refractivity contribution >= 4 is 5.97 Å². The van der Waals surface area contributed by atoms with Gasteiger partial charge in [-0.15, -0.1) is 0 Å². The molecule has 1 aromatic carbocycles. The van der Waals surface area contributed by atoms with Crippen molar-refractivity contribution < 1.29 is 31.5 Å². The molecule has 0 aliphatic heterocycles. The minimum atomic E-state index is -2.30. The molecule has 0 saturated heterocycles. The average molecular weight is 325 g/mol. The van der Waals surface area contributed by atoms with Crippen molar-refractivity contribution in [3.05, 3.63) is 29.1 Å². The molecule has 3 nitrogen and oxygen atoms in total. The van der Waals surface area contributed by atoms with Crippen LogP contribution < -0.4 is 10.1 Å². The largest absolute Gasteiger partial charge is 0.420 e. The van der Waals surface area contributed by atoms with Gasteiger partial charge in [0.05, 0.1) is 5.92 Å². The van der Waals surface area contributed by atoms with Gasteiger partial charge in [0.1, 0.15) is 0 Å². The first-order valence-electron chi connectivity index (χ1n) is 6.69. The summed E-state index contributed by atoms with van der Waals surface area (Å²) >= 11 is 0. The molecule has 0 spiro atoms. The fourth-order valence-corrected chi connectivity index (χ4v) is 1.75. The fraction of sp³-hybridized carbons (Fsp3) is 0.500. The summed E-state index contributed by atoms with van der Waals surface area (Å²) in [6.45, 7) is 2.19. The van der Waals surface area contributed by atoms with Crippen LogP contribution in [0.5, 0.6) is 5.75 Å². The number of esters is 1. The van der Waals surface area contributed by atoms with Gasteiger partial charge in [0.25, 0.3) is 0 Å². The highest BCUT2D eigenvalue weighted by atomic mass is 19.2. The number of unbranched alkanes of at least 4 members (excludes halogenated alkanes) is 1. The molecule has 0 aliphatic rings. The van der Waals surface area contributed by atoms with Gasteiger partial charge in [-0.3, -0.25) is 4.79 Å². The first kappa shape index (κ1) is 18.3. The highest BCUT2D eigenvalue weighted by Gasteiger charge is 2.29. The lowest BCUT2D eigenvalue weighted by molar-refractivity contribution is -0.139. The topological polar surface area (TPSA) is 38.3 Å². The molecule has 1 N–H and O–H groups in total. The second kappa shape index (κ2) is 8.07. The Kier molecular flexibility index (Phi) is 6.73. The van der Waals surface area contributed by atoms with Crippen molar-refractivity contribution in [1.82, 2.24) is 5.32 Å². The standard InChI is InChI=1S/C14H16F5NO2/c1-7(5-3-4-6-20-2)14(21)22-13-11(18)9(16)8(15)10(17)12(13)19/h7,20H,3-6H2,1-2H3/t7-/m1/s1. The molecule has 1 aromatic rings. The van der Waals surface area contributed by atoms with E-state index in [-0.39, 0.29) is 0 Å². The van der Waals surface area contributed by atoms with E-state index in [0.717, 1.165) is 13.0 Å². The molecule has 124 valence electrons. The number of hydrogen-bond donors (Lipinski definition) is 1. The van der Waals surface area contributed by atoms with Crippen LogP contribution in [0, 0.1) is 35.0 Å². The van der Waals surface area contributed by atoms with E-state index in [1.165, 1.54) is 6.92 Å². The van der Waals surface area contributed by atoms with Crippen LogP contribution in [0.4, 0.5) is 22.0 Å². The van der Waals surface area contributed by atoms with Crippen molar-refractivity contribution in [2.45, 2.75) is 26.2 Å². The molecule has 0 saturated carbocycles. The molecule has 0 bridgehead atoms. The van der Waals surface area contributed by atoms with E-state index in [9.17, 15) is 26.7 Å². The summed E-state index contributed by atoms with van der Waals surface area (Å²) in [5, 5.41) is 2.91. The highest BCUT2D eigenvalue weighted by molar-refractivity contribution is 5.74. The second-order valence-electron chi connectivity index (χ2n) is 4.82. The van der Waals surface area contributed by atoms with Crippen LogP contribution in [0.1, 0.15) is 26.2 Å². The normalized spacial score (nSPS) is 12.3. The smallest absolute Gasteiger partial charge is 0.314 e. The Labute approximate surface area is 124 Å². The molecule has 1 rings (SSSR count). The lowest BCUT2D eigenvalue weighted by Gasteiger charge is -2.13. The first-order chi connectivity index (χ1) is 10.3. The van der Waals surface area contributed by atoms with Gasteiger partial charge in [-0.05, 0) is 26.4 Å². The van der Waals surface area contributed by atoms with Crippen LogP contribution in [-0.2, 0) is 4.79 Å². The maximum Gasteiger partial charge on any atom is 0.314 e. The maximum absolute atomic E-state index is 13.4. The molecule has 8 heteroatoms. The van der Waals surface area contributed by atoms with Crippen molar-refractivity contribution in [1.29, 1.82) is 0 Å². The van der Waals surface area contributed by atoms with Crippen molar-refractivity contribution in [2.24, 2.45) is 5.92 Å². The predicted molar refractivity (Wildman–Crippen MR) is 68.8 cm³/mol. The van der Waals surface area contributed by atoms with E-state index in [0.29, 0.717) is 12.8 Å². The van der Waals surface area contributed by atoms with Gasteiger partial charge in [0.2, 0.25) is 34.8 Å². The van der Waals surface area contributed by atoms with Crippen molar-refractivity contribution in [2.75, 3.05) is 13.6 Å². The van der Waals surface area contributed by atoms with Crippen LogP contribution in [0.2, 0.25) is 0 Å². The molecule has 0 amide bonds. The Bertz CT molecular complexity index is 522. The zero-order valence-corrected chi connectivity index (χ0v) is 12.1. The van der Waals surface area contributed by atoms with E-state index in [1.54, 1.807) is 7.05 Å². The molecule has 0 aliphatic carbocycles. The molecule has 0 unspecified atom stereocenters. The average Bonchev–Trinajstić information content (AvgIpc) is 2.51. The van der Waals surface area contributed by atoms with E-state index in [4.69, 9.17) is 0 Å². The quantitative estimate of drug-likeness (QED) is 0.209. The molecule has 1 atom stereocenters. The molecule has 22 heavy (non-hydrogen) atoms. The van der Waals surface area contributed by atoms with E-state index < -0.39 is 46.7 Å². The Morgan fingerprint density at radius 1 is 1.00 bits per heavy atom. The predicted octanol–water partition coefficient (Wildman–Crippen LogP) is 3.31. The minimum Gasteiger partial charge on any atom is -0.420 e. The maximum atomic E-state index is 13.4. The van der Waals surface area contributed by atoms with Crippen LogP contribution in [-0.4, -0.2) is 19.6 Å². The van der Waals surface area contributed by atoms with E-state index in [1.807, 2.05) is 0 Å². The lowest BCUT2D eigenvalue weighted by atomic mass is 10.0. The number of ether oxygens (including phenoxy) is 1. The molecule has 0 heterocycles. The Balaban J connectivity index is 2.80. The third-order valence-electron chi connectivity index (χ3n) is 3.09. The monoisotopic (exact) mass is 325 g/mol. The second-order valence-corrected chi connectivity index (χ2v) is 4.82. The molecular formula is C14H16F5NO2. The van der Waals surface area contributed by atoms with Crippen LogP contribution >= 0.6 is 0 Å². The lowest BCUT2D eigenvalue weighted by Crippen LogP contribution is -2.20. The van der Waals surface area contributed by atoms with Gasteiger partial charge < -0.3 is 10.1 Å². The number of rotatable bonds is 7. The van der Waals surface area contributed by atoms with Crippen molar-refractivity contribution in [3.8, 4) is 5.75 Å². The van der Waals surface area contributed by atoms with Crippen molar-refractivity contribution in [3.63, 3.8) is 0 Å². The van der Waals surface area contributed by atoms with Gasteiger partial charge in [0, 0.05) is 0 Å². The summed E-state index contributed by atoms with van der Waals surface area (Å²) in [6, 6.07) is 0. The minimum absolute atomic E-state index is 0.371. The van der Waals surface area contributed by atoms with Gasteiger partial charge in [-0.2, -0.15) is 8.78 Å². The summed E-state index contributed by atoms with van der Waals surface area (Å²) in [4.78, 5) is 11.7. The zero-order chi connectivity index (χ0) is 16.9. The summed E-state index contributed by atoms with van der Waals surface area (Å²) in [6.07, 6.45) is 1.79. The van der Waals surface area contributed by atoms with E-state index >= 15 is 0 Å². The Morgan fingerprint density at radius 2 is 1.50 bits per heavy atom. The molecule has 0 aromatic heterocycles. The van der Waals surface area contributed by atoms with Gasteiger partial charge in [-0.1, -0.05) is 13.3 Å². The Morgan fingerprint density at radius 3 is 2.00 bits per heavy atom. The van der Waals surface area contributed by atoms with E-state index in [2.05, 4.69) is 10.1 Å². The number of halogens is 5. The van der Waals surface area contributed by atoms with Crippen LogP contribution in [0.25, 0.3) is 0 Å². The van der Waals surface area contributed by atoms with Crippen LogP contribution in [0.15, 0.2) is 0 Å². The first-order valence-corrected chi connectivity index (χ1v) is 6.69. The zero-order valence-electron chi connectivity index (χ0n) is 12.1.